The molecule has 1 atom stereocenters. The predicted octanol–water partition coefficient (Wildman–Crippen LogP) is 6.78. The van der Waals surface area contributed by atoms with Crippen LogP contribution in [0.4, 0.5) is 0 Å². The van der Waals surface area contributed by atoms with Gasteiger partial charge in [0, 0.05) is 16.0 Å². The van der Waals surface area contributed by atoms with Gasteiger partial charge in [0.15, 0.2) is 8.32 Å². The molecule has 0 fully saturated rings. The van der Waals surface area contributed by atoms with Crippen molar-refractivity contribution in [1.82, 2.24) is 0 Å². The number of halogens is 1. The van der Waals surface area contributed by atoms with E-state index in [-0.39, 0.29) is 11.1 Å². The summed E-state index contributed by atoms with van der Waals surface area (Å²) in [6, 6.07) is 10.9. The molecule has 0 radical (unpaired) electrons. The Kier molecular flexibility index (Phi) is 5.91. The maximum Gasteiger partial charge on any atom is 0.192 e. The van der Waals surface area contributed by atoms with Crippen LogP contribution < -0.4 is 0 Å². The van der Waals surface area contributed by atoms with Crippen molar-refractivity contribution in [2.24, 2.45) is 0 Å². The van der Waals surface area contributed by atoms with Crippen molar-refractivity contribution in [3.8, 4) is 0 Å². The van der Waals surface area contributed by atoms with Crippen molar-refractivity contribution < 1.29 is 4.43 Å². The fraction of sp³-hybridized carbons (Fsp3) is 0.444. The molecular formula is C18H25IOSSi. The molecule has 1 unspecified atom stereocenters. The number of hydrogen-bond acceptors (Lipinski definition) is 2. The zero-order valence-electron chi connectivity index (χ0n) is 14.0. The monoisotopic (exact) mass is 444 g/mol. The summed E-state index contributed by atoms with van der Waals surface area (Å²) in [5.41, 5.74) is 0. The van der Waals surface area contributed by atoms with Crippen LogP contribution in [0, 0.1) is 0 Å². The van der Waals surface area contributed by atoms with E-state index in [1.807, 2.05) is 11.3 Å². The second kappa shape index (κ2) is 7.15. The number of hydrogen-bond donors (Lipinski definition) is 0. The smallest absolute Gasteiger partial charge is 0.192 e. The zero-order valence-corrected chi connectivity index (χ0v) is 18.0. The summed E-state index contributed by atoms with van der Waals surface area (Å²) in [7, 11) is -1.75. The largest absolute Gasteiger partial charge is 0.410 e. The Morgan fingerprint density at radius 2 is 1.95 bits per heavy atom. The topological polar surface area (TPSA) is 9.23 Å². The minimum Gasteiger partial charge on any atom is -0.410 e. The summed E-state index contributed by atoms with van der Waals surface area (Å²) >= 11 is 4.17. The van der Waals surface area contributed by atoms with Gasteiger partial charge in [-0.2, -0.15) is 0 Å². The molecular weight excluding hydrogens is 419 g/mol. The maximum absolute atomic E-state index is 6.60. The van der Waals surface area contributed by atoms with Gasteiger partial charge in [0.2, 0.25) is 0 Å². The molecule has 0 aliphatic carbocycles. The van der Waals surface area contributed by atoms with Gasteiger partial charge in [0.1, 0.15) is 0 Å². The molecule has 0 amide bonds. The first-order valence-corrected chi connectivity index (χ1v) is 12.6. The van der Waals surface area contributed by atoms with Crippen LogP contribution in [0.25, 0.3) is 10.1 Å². The van der Waals surface area contributed by atoms with Crippen LogP contribution in [0.2, 0.25) is 18.1 Å². The second-order valence-corrected chi connectivity index (χ2v) is 13.8. The predicted molar refractivity (Wildman–Crippen MR) is 111 cm³/mol. The lowest BCUT2D eigenvalue weighted by Gasteiger charge is -2.38. The van der Waals surface area contributed by atoms with Gasteiger partial charge in [0.05, 0.1) is 6.10 Å². The third kappa shape index (κ3) is 4.43. The van der Waals surface area contributed by atoms with Crippen LogP contribution in [0.3, 0.4) is 0 Å². The van der Waals surface area contributed by atoms with Crippen LogP contribution in [0.1, 0.15) is 25.6 Å². The van der Waals surface area contributed by atoms with Crippen molar-refractivity contribution in [1.29, 1.82) is 0 Å². The average molecular weight is 444 g/mol. The van der Waals surface area contributed by atoms with Crippen molar-refractivity contribution in [2.75, 3.05) is 0 Å². The molecule has 0 saturated carbocycles. The lowest BCUT2D eigenvalue weighted by Crippen LogP contribution is -2.44. The van der Waals surface area contributed by atoms with Gasteiger partial charge in [-0.3, -0.25) is 0 Å². The van der Waals surface area contributed by atoms with Crippen LogP contribution in [-0.2, 0) is 10.8 Å². The van der Waals surface area contributed by atoms with Gasteiger partial charge < -0.3 is 4.43 Å². The third-order valence-electron chi connectivity index (χ3n) is 4.42. The number of rotatable bonds is 5. The second-order valence-electron chi connectivity index (χ2n) is 7.19. The molecule has 1 aromatic carbocycles. The Morgan fingerprint density at radius 3 is 2.55 bits per heavy atom. The van der Waals surface area contributed by atoms with E-state index in [0.29, 0.717) is 0 Å². The van der Waals surface area contributed by atoms with Crippen LogP contribution in [0.5, 0.6) is 0 Å². The van der Waals surface area contributed by atoms with Gasteiger partial charge >= 0.3 is 0 Å². The van der Waals surface area contributed by atoms with E-state index < -0.39 is 8.32 Å². The summed E-state index contributed by atoms with van der Waals surface area (Å²) in [6.45, 7) is 11.5. The van der Waals surface area contributed by atoms with Crippen LogP contribution in [0.15, 0.2) is 40.5 Å². The molecule has 0 bridgehead atoms. The van der Waals surface area contributed by atoms with Gasteiger partial charge in [0.25, 0.3) is 0 Å². The van der Waals surface area contributed by atoms with E-state index in [4.69, 9.17) is 4.43 Å². The Balaban J connectivity index is 2.18. The SMILES string of the molecule is CC(C)(C)[Si](C)(C)OC(C=CI)Cc1cc2ccccc2s1. The maximum atomic E-state index is 6.60. The van der Waals surface area contributed by atoms with Gasteiger partial charge in [-0.05, 0) is 39.7 Å². The van der Waals surface area contributed by atoms with Crippen LogP contribution >= 0.6 is 33.9 Å². The van der Waals surface area contributed by atoms with E-state index in [2.05, 4.69) is 96.9 Å². The Bertz CT molecular complexity index is 621. The number of thiophene rings is 1. The minimum atomic E-state index is -1.75. The van der Waals surface area contributed by atoms with Gasteiger partial charge in [-0.25, -0.2) is 0 Å². The zero-order chi connectivity index (χ0) is 16.4. The highest BCUT2D eigenvalue weighted by Gasteiger charge is 2.38. The molecule has 2 rings (SSSR count). The van der Waals surface area contributed by atoms with E-state index >= 15 is 0 Å². The van der Waals surface area contributed by atoms with E-state index in [1.165, 1.54) is 15.0 Å². The highest BCUT2D eigenvalue weighted by atomic mass is 127. The molecule has 0 N–H and O–H groups in total. The molecule has 1 aromatic heterocycles. The molecule has 1 nitrogen and oxygen atoms in total. The molecule has 2 aromatic rings. The molecule has 22 heavy (non-hydrogen) atoms. The summed E-state index contributed by atoms with van der Waals surface area (Å²) in [5.74, 6) is 0. The van der Waals surface area contributed by atoms with Crippen molar-refractivity contribution in [3.63, 3.8) is 0 Å². The summed E-state index contributed by atoms with van der Waals surface area (Å²) in [6.07, 6.45) is 3.34. The normalized spacial score (nSPS) is 14.8. The third-order valence-corrected chi connectivity index (χ3v) is 10.5. The number of benzene rings is 1. The highest BCUT2D eigenvalue weighted by Crippen LogP contribution is 2.38. The Hall–Kier alpha value is -0.173. The minimum absolute atomic E-state index is 0.172. The van der Waals surface area contributed by atoms with Gasteiger partial charge in [-0.1, -0.05) is 67.6 Å². The van der Waals surface area contributed by atoms with E-state index in [0.717, 1.165) is 6.42 Å². The summed E-state index contributed by atoms with van der Waals surface area (Å²) < 4.78 is 10.0. The molecule has 4 heteroatoms. The van der Waals surface area contributed by atoms with Gasteiger partial charge in [-0.15, -0.1) is 11.3 Å². The molecule has 0 saturated heterocycles. The van der Waals surface area contributed by atoms with E-state index in [9.17, 15) is 0 Å². The molecule has 1 heterocycles. The molecule has 120 valence electrons. The van der Waals surface area contributed by atoms with Crippen molar-refractivity contribution in [3.05, 3.63) is 45.4 Å². The Labute approximate surface area is 153 Å². The van der Waals surface area contributed by atoms with Crippen molar-refractivity contribution in [2.45, 2.75) is 51.4 Å². The lowest BCUT2D eigenvalue weighted by atomic mass is 10.2. The lowest BCUT2D eigenvalue weighted by molar-refractivity contribution is 0.226. The molecule has 0 aliphatic heterocycles. The Morgan fingerprint density at radius 1 is 1.27 bits per heavy atom. The average Bonchev–Trinajstić information content (AvgIpc) is 2.79. The standard InChI is InChI=1S/C18H25IOSSi/c1-18(2,3)22(4,5)20-15(10-11-19)13-16-12-14-8-6-7-9-17(14)21-16/h6-12,15H,13H2,1-5H3. The van der Waals surface area contributed by atoms with Crippen molar-refractivity contribution >= 4 is 52.3 Å². The number of fused-ring (bicyclic) bond motifs is 1. The first-order valence-electron chi connectivity index (χ1n) is 7.65. The van der Waals surface area contributed by atoms with E-state index in [1.54, 1.807) is 0 Å². The first-order chi connectivity index (χ1) is 10.2. The molecule has 0 aliphatic rings. The van der Waals surface area contributed by atoms with Crippen LogP contribution in [-0.4, -0.2) is 14.4 Å². The summed E-state index contributed by atoms with van der Waals surface area (Å²) in [5, 5.41) is 1.58. The highest BCUT2D eigenvalue weighted by molar-refractivity contribution is 14.1. The molecule has 0 spiro atoms. The first kappa shape index (κ1) is 18.2. The quantitative estimate of drug-likeness (QED) is 0.365. The fourth-order valence-corrected chi connectivity index (χ4v) is 4.96. The fourth-order valence-electron chi connectivity index (χ4n) is 2.12. The summed E-state index contributed by atoms with van der Waals surface area (Å²) in [4.78, 5) is 1.40.